The van der Waals surface area contributed by atoms with Crippen molar-refractivity contribution in [2.45, 2.75) is 12.3 Å². The van der Waals surface area contributed by atoms with Crippen molar-refractivity contribution in [1.82, 2.24) is 0 Å². The van der Waals surface area contributed by atoms with Crippen LogP contribution in [0.1, 0.15) is 12.5 Å². The molecule has 1 aromatic rings. The maximum Gasteiger partial charge on any atom is 0.328 e. The molecule has 84 valence electrons. The number of hydrogen-bond donors (Lipinski definition) is 1. The minimum Gasteiger partial charge on any atom is -0.495 e. The first-order chi connectivity index (χ1) is 7.45. The fourth-order valence-corrected chi connectivity index (χ4v) is 1.47. The lowest BCUT2D eigenvalue weighted by molar-refractivity contribution is -0.141. The van der Waals surface area contributed by atoms with E-state index >= 15 is 0 Å². The minimum atomic E-state index is -1.60. The van der Waals surface area contributed by atoms with Crippen LogP contribution in [-0.2, 0) is 10.2 Å². The van der Waals surface area contributed by atoms with Gasteiger partial charge in [0.05, 0.1) is 18.2 Å². The average molecular weight is 240 g/mol. The van der Waals surface area contributed by atoms with Gasteiger partial charge in [0.2, 0.25) is 0 Å². The van der Waals surface area contributed by atoms with E-state index in [0.29, 0.717) is 11.3 Å². The maximum atomic E-state index is 11.0. The topological polar surface area (TPSA) is 70.3 Å². The summed E-state index contributed by atoms with van der Waals surface area (Å²) in [5.74, 6) is -0.771. The Balaban J connectivity index is 3.30. The molecule has 0 radical (unpaired) electrons. The number of ether oxygens (including phenoxy) is 1. The molecule has 16 heavy (non-hydrogen) atoms. The molecule has 0 fully saturated rings. The molecule has 1 unspecified atom stereocenters. The smallest absolute Gasteiger partial charge is 0.328 e. The molecule has 0 spiro atoms. The number of carbonyl (C=O) groups is 1. The number of carboxylic acid groups (broad SMARTS) is 1. The van der Waals surface area contributed by atoms with Gasteiger partial charge in [0.1, 0.15) is 5.75 Å². The monoisotopic (exact) mass is 239 g/mol. The van der Waals surface area contributed by atoms with Crippen LogP contribution in [0, 0.1) is 11.3 Å². The number of hydrogen-bond acceptors (Lipinski definition) is 3. The van der Waals surface area contributed by atoms with Crippen molar-refractivity contribution >= 4 is 17.6 Å². The second-order valence-corrected chi connectivity index (χ2v) is 3.80. The van der Waals surface area contributed by atoms with E-state index in [9.17, 15) is 4.79 Å². The summed E-state index contributed by atoms with van der Waals surface area (Å²) in [5.41, 5.74) is -1.27. The highest BCUT2D eigenvalue weighted by Gasteiger charge is 2.35. The quantitative estimate of drug-likeness (QED) is 0.878. The summed E-state index contributed by atoms with van der Waals surface area (Å²) in [6, 6.07) is 6.24. The standard InChI is InChI=1S/C11H10ClNO3/c1-11(6-13,10(14)15)7-3-4-9(16-2)8(12)5-7/h3-5H,1-2H3,(H,14,15). The van der Waals surface area contributed by atoms with Crippen molar-refractivity contribution < 1.29 is 14.6 Å². The van der Waals surface area contributed by atoms with Crippen molar-refractivity contribution in [1.29, 1.82) is 5.26 Å². The highest BCUT2D eigenvalue weighted by atomic mass is 35.5. The fourth-order valence-electron chi connectivity index (χ4n) is 1.21. The Bertz CT molecular complexity index is 467. The SMILES string of the molecule is COc1ccc(C(C)(C#N)C(=O)O)cc1Cl. The van der Waals surface area contributed by atoms with E-state index in [1.807, 2.05) is 0 Å². The lowest BCUT2D eigenvalue weighted by atomic mass is 9.84. The van der Waals surface area contributed by atoms with Gasteiger partial charge in [0, 0.05) is 0 Å². The molecule has 0 aliphatic carbocycles. The molecular formula is C11H10ClNO3. The number of methoxy groups -OCH3 is 1. The van der Waals surface area contributed by atoms with Crippen LogP contribution < -0.4 is 4.74 Å². The molecule has 0 aromatic heterocycles. The van der Waals surface area contributed by atoms with Crippen LogP contribution in [0.2, 0.25) is 5.02 Å². The highest BCUT2D eigenvalue weighted by molar-refractivity contribution is 6.32. The van der Waals surface area contributed by atoms with E-state index in [-0.39, 0.29) is 5.02 Å². The molecular weight excluding hydrogens is 230 g/mol. The molecule has 0 aliphatic rings. The van der Waals surface area contributed by atoms with E-state index in [4.69, 9.17) is 26.7 Å². The Labute approximate surface area is 98.0 Å². The predicted octanol–water partition coefficient (Wildman–Crippen LogP) is 2.21. The van der Waals surface area contributed by atoms with Gasteiger partial charge >= 0.3 is 5.97 Å². The molecule has 1 atom stereocenters. The first kappa shape index (κ1) is 12.3. The summed E-state index contributed by atoms with van der Waals surface area (Å²) in [5, 5.41) is 18.2. The van der Waals surface area contributed by atoms with Gasteiger partial charge in [0.15, 0.2) is 5.41 Å². The Hall–Kier alpha value is -1.73. The molecule has 0 saturated carbocycles. The second-order valence-electron chi connectivity index (χ2n) is 3.39. The average Bonchev–Trinajstić information content (AvgIpc) is 2.27. The van der Waals surface area contributed by atoms with Crippen molar-refractivity contribution in [3.8, 4) is 11.8 Å². The first-order valence-corrected chi connectivity index (χ1v) is 4.82. The summed E-state index contributed by atoms with van der Waals surface area (Å²) in [6.45, 7) is 1.33. The van der Waals surface area contributed by atoms with Crippen molar-refractivity contribution in [2.24, 2.45) is 0 Å². The maximum absolute atomic E-state index is 11.0. The van der Waals surface area contributed by atoms with Gasteiger partial charge < -0.3 is 9.84 Å². The molecule has 0 bridgehead atoms. The third-order valence-corrected chi connectivity index (χ3v) is 2.68. The van der Waals surface area contributed by atoms with Gasteiger partial charge in [-0.2, -0.15) is 5.26 Å². The number of aliphatic carboxylic acids is 1. The minimum absolute atomic E-state index is 0.280. The second kappa shape index (κ2) is 4.42. The number of nitrogens with zero attached hydrogens (tertiary/aromatic N) is 1. The number of nitriles is 1. The van der Waals surface area contributed by atoms with Crippen LogP contribution in [0.4, 0.5) is 0 Å². The summed E-state index contributed by atoms with van der Waals surface area (Å²) in [4.78, 5) is 11.0. The van der Waals surface area contributed by atoms with Gasteiger partial charge in [-0.1, -0.05) is 17.7 Å². The highest BCUT2D eigenvalue weighted by Crippen LogP contribution is 2.31. The van der Waals surface area contributed by atoms with Gasteiger partial charge in [-0.3, -0.25) is 4.79 Å². The Morgan fingerprint density at radius 2 is 2.25 bits per heavy atom. The van der Waals surface area contributed by atoms with E-state index in [1.165, 1.54) is 32.2 Å². The van der Waals surface area contributed by atoms with Crippen LogP contribution >= 0.6 is 11.6 Å². The molecule has 5 heteroatoms. The van der Waals surface area contributed by atoms with Crippen LogP contribution in [0.25, 0.3) is 0 Å². The zero-order valence-corrected chi connectivity index (χ0v) is 9.58. The molecule has 1 aromatic carbocycles. The van der Waals surface area contributed by atoms with Gasteiger partial charge in [-0.05, 0) is 24.6 Å². The normalized spacial score (nSPS) is 13.6. The number of halogens is 1. The van der Waals surface area contributed by atoms with Crippen LogP contribution in [-0.4, -0.2) is 18.2 Å². The Kier molecular flexibility index (Phi) is 3.41. The Morgan fingerprint density at radius 3 is 2.62 bits per heavy atom. The third kappa shape index (κ3) is 1.95. The zero-order valence-electron chi connectivity index (χ0n) is 8.82. The lowest BCUT2D eigenvalue weighted by Gasteiger charge is -2.17. The Morgan fingerprint density at radius 1 is 1.62 bits per heavy atom. The summed E-state index contributed by atoms with van der Waals surface area (Å²) in [7, 11) is 1.46. The van der Waals surface area contributed by atoms with Crippen molar-refractivity contribution in [2.75, 3.05) is 7.11 Å². The van der Waals surface area contributed by atoms with E-state index in [2.05, 4.69) is 0 Å². The van der Waals surface area contributed by atoms with E-state index in [1.54, 1.807) is 6.07 Å². The van der Waals surface area contributed by atoms with Gasteiger partial charge in [0.25, 0.3) is 0 Å². The summed E-state index contributed by atoms with van der Waals surface area (Å²) >= 11 is 5.87. The molecule has 0 amide bonds. The molecule has 1 N–H and O–H groups in total. The molecule has 1 rings (SSSR count). The van der Waals surface area contributed by atoms with Crippen LogP contribution in [0.15, 0.2) is 18.2 Å². The number of benzene rings is 1. The third-order valence-electron chi connectivity index (χ3n) is 2.38. The van der Waals surface area contributed by atoms with E-state index < -0.39 is 11.4 Å². The number of rotatable bonds is 3. The molecule has 0 heterocycles. The fraction of sp³-hybridized carbons (Fsp3) is 0.273. The lowest BCUT2D eigenvalue weighted by Crippen LogP contribution is -2.30. The van der Waals surface area contributed by atoms with Crippen LogP contribution in [0.5, 0.6) is 5.75 Å². The van der Waals surface area contributed by atoms with Crippen LogP contribution in [0.3, 0.4) is 0 Å². The van der Waals surface area contributed by atoms with Gasteiger partial charge in [-0.15, -0.1) is 0 Å². The van der Waals surface area contributed by atoms with Gasteiger partial charge in [-0.25, -0.2) is 0 Å². The zero-order chi connectivity index (χ0) is 12.3. The largest absolute Gasteiger partial charge is 0.495 e. The number of carboxylic acids is 1. The first-order valence-electron chi connectivity index (χ1n) is 4.44. The predicted molar refractivity (Wildman–Crippen MR) is 58.6 cm³/mol. The van der Waals surface area contributed by atoms with Crippen molar-refractivity contribution in [3.63, 3.8) is 0 Å². The van der Waals surface area contributed by atoms with E-state index in [0.717, 1.165) is 0 Å². The molecule has 0 saturated heterocycles. The summed E-state index contributed by atoms with van der Waals surface area (Å²) < 4.78 is 4.94. The van der Waals surface area contributed by atoms with Crippen molar-refractivity contribution in [3.05, 3.63) is 28.8 Å². The molecule has 4 nitrogen and oxygen atoms in total. The molecule has 0 aliphatic heterocycles. The summed E-state index contributed by atoms with van der Waals surface area (Å²) in [6.07, 6.45) is 0.